The fraction of sp³-hybridized carbons (Fsp3) is 0.636. The van der Waals surface area contributed by atoms with Crippen LogP contribution in [-0.2, 0) is 14.3 Å². The van der Waals surface area contributed by atoms with Crippen LogP contribution in [0.5, 0.6) is 0 Å². The van der Waals surface area contributed by atoms with E-state index < -0.39 is 5.41 Å². The van der Waals surface area contributed by atoms with Gasteiger partial charge in [0.1, 0.15) is 11.9 Å². The Hall–Kier alpha value is -2.47. The lowest BCUT2D eigenvalue weighted by Gasteiger charge is -2.36. The maximum atomic E-state index is 13.2. The molecular formula is C33H49FN2O3. The molecule has 1 aromatic carbocycles. The maximum absolute atomic E-state index is 13.2. The summed E-state index contributed by atoms with van der Waals surface area (Å²) in [6.07, 6.45) is 12.6. The van der Waals surface area contributed by atoms with Crippen molar-refractivity contribution < 1.29 is 18.7 Å². The molecule has 3 aliphatic rings. The van der Waals surface area contributed by atoms with Crippen LogP contribution in [0.25, 0.3) is 0 Å². The van der Waals surface area contributed by atoms with Gasteiger partial charge in [0.25, 0.3) is 0 Å². The number of esters is 1. The van der Waals surface area contributed by atoms with Crippen LogP contribution >= 0.6 is 0 Å². The second-order valence-electron chi connectivity index (χ2n) is 11.8. The van der Waals surface area contributed by atoms with Crippen molar-refractivity contribution in [3.8, 4) is 0 Å². The molecule has 1 spiro atoms. The second-order valence-corrected chi connectivity index (χ2v) is 11.8. The standard InChI is InChI=1S/C31H43FN2O3.C2H6/c1-4-5-14-30(2,3)28(35)22-24-7-6-15-31(16-12-24)23-27(37-29(31)36)13-17-33-18-20-34(21-19-33)26-10-8-25(32)9-11-26;1-2/h4-5,8-11,22,27H,6-7,12-21,23H2,1-3H3;1-2H3/b5-4+,24-22?;/t27-,31?;/m0./s1. The van der Waals surface area contributed by atoms with E-state index in [0.717, 1.165) is 89.8 Å². The van der Waals surface area contributed by atoms with Crippen LogP contribution in [0, 0.1) is 16.6 Å². The number of allylic oxidation sites excluding steroid dienone is 4. The minimum absolute atomic E-state index is 0.0189. The Morgan fingerprint density at radius 3 is 2.46 bits per heavy atom. The van der Waals surface area contributed by atoms with Crippen LogP contribution in [0.2, 0.25) is 0 Å². The first-order chi connectivity index (χ1) is 18.7. The lowest BCUT2D eigenvalue weighted by atomic mass is 9.77. The number of hydrogen-bond acceptors (Lipinski definition) is 5. The molecule has 1 saturated carbocycles. The van der Waals surface area contributed by atoms with Gasteiger partial charge in [-0.3, -0.25) is 14.5 Å². The zero-order valence-corrected chi connectivity index (χ0v) is 24.8. The number of anilines is 1. The second kappa shape index (κ2) is 14.2. The highest BCUT2D eigenvalue weighted by Gasteiger charge is 2.48. The van der Waals surface area contributed by atoms with Gasteiger partial charge >= 0.3 is 5.97 Å². The van der Waals surface area contributed by atoms with E-state index in [1.807, 2.05) is 58.9 Å². The van der Waals surface area contributed by atoms with Crippen molar-refractivity contribution in [1.82, 2.24) is 4.90 Å². The highest BCUT2D eigenvalue weighted by Crippen LogP contribution is 2.47. The van der Waals surface area contributed by atoms with Crippen LogP contribution in [0.4, 0.5) is 10.1 Å². The number of ketones is 1. The molecule has 0 bridgehead atoms. The van der Waals surface area contributed by atoms with Crippen LogP contribution in [0.15, 0.2) is 48.1 Å². The van der Waals surface area contributed by atoms with Gasteiger partial charge in [-0.25, -0.2) is 4.39 Å². The van der Waals surface area contributed by atoms with Gasteiger partial charge in [-0.1, -0.05) is 45.4 Å². The van der Waals surface area contributed by atoms with Crippen molar-refractivity contribution in [2.24, 2.45) is 10.8 Å². The van der Waals surface area contributed by atoms with E-state index in [2.05, 4.69) is 15.9 Å². The Bertz CT molecular complexity index is 1010. The Morgan fingerprint density at radius 1 is 1.10 bits per heavy atom. The zero-order chi connectivity index (χ0) is 28.5. The summed E-state index contributed by atoms with van der Waals surface area (Å²) in [5, 5.41) is 0. The number of ether oxygens (including phenoxy) is 1. The van der Waals surface area contributed by atoms with Gasteiger partial charge in [0.15, 0.2) is 5.78 Å². The summed E-state index contributed by atoms with van der Waals surface area (Å²) in [5.41, 5.74) is 1.47. The topological polar surface area (TPSA) is 49.9 Å². The molecule has 1 aromatic rings. The Morgan fingerprint density at radius 2 is 1.79 bits per heavy atom. The van der Waals surface area contributed by atoms with E-state index in [9.17, 15) is 14.0 Å². The van der Waals surface area contributed by atoms with E-state index in [-0.39, 0.29) is 29.1 Å². The fourth-order valence-electron chi connectivity index (χ4n) is 5.96. The molecule has 5 nitrogen and oxygen atoms in total. The number of rotatable bonds is 8. The molecule has 0 N–H and O–H groups in total. The summed E-state index contributed by atoms with van der Waals surface area (Å²) in [6, 6.07) is 6.72. The minimum atomic E-state index is -0.397. The fourth-order valence-corrected chi connectivity index (χ4v) is 5.96. The smallest absolute Gasteiger partial charge is 0.312 e. The molecule has 0 aromatic heterocycles. The van der Waals surface area contributed by atoms with Gasteiger partial charge in [0.2, 0.25) is 0 Å². The molecule has 216 valence electrons. The first kappa shape index (κ1) is 31.1. The van der Waals surface area contributed by atoms with Gasteiger partial charge in [-0.2, -0.15) is 0 Å². The van der Waals surface area contributed by atoms with Crippen molar-refractivity contribution in [1.29, 1.82) is 0 Å². The zero-order valence-electron chi connectivity index (χ0n) is 24.8. The maximum Gasteiger partial charge on any atom is 0.312 e. The monoisotopic (exact) mass is 540 g/mol. The Kier molecular flexibility index (Phi) is 11.3. The summed E-state index contributed by atoms with van der Waals surface area (Å²) < 4.78 is 19.1. The molecule has 4 rings (SSSR count). The third-order valence-electron chi connectivity index (χ3n) is 8.60. The normalized spacial score (nSPS) is 25.5. The molecule has 0 radical (unpaired) electrons. The number of nitrogens with zero attached hydrogens (tertiary/aromatic N) is 2. The van der Waals surface area contributed by atoms with E-state index in [0.29, 0.717) is 0 Å². The lowest BCUT2D eigenvalue weighted by Crippen LogP contribution is -2.47. The SMILES string of the molecule is C/C=C/CC(C)(C)C(=O)C=C1CCCC2(CC1)C[C@H](CCN1CCN(c3ccc(F)cc3)CC1)OC2=O.CC. The van der Waals surface area contributed by atoms with Crippen molar-refractivity contribution >= 4 is 17.4 Å². The van der Waals surface area contributed by atoms with E-state index in [1.165, 1.54) is 17.7 Å². The molecule has 6 heteroatoms. The Labute approximate surface area is 235 Å². The summed E-state index contributed by atoms with van der Waals surface area (Å²) in [5.74, 6) is -0.0488. The number of halogens is 1. The van der Waals surface area contributed by atoms with Gasteiger partial charge in [-0.05, 0) is 82.2 Å². The van der Waals surface area contributed by atoms with Crippen LogP contribution in [0.3, 0.4) is 0 Å². The average molecular weight is 541 g/mol. The number of benzene rings is 1. The van der Waals surface area contributed by atoms with Gasteiger partial charge in [0, 0.05) is 50.2 Å². The molecule has 2 heterocycles. The van der Waals surface area contributed by atoms with Crippen LogP contribution < -0.4 is 4.90 Å². The summed E-state index contributed by atoms with van der Waals surface area (Å²) in [4.78, 5) is 30.7. The number of carbonyl (C=O) groups is 2. The first-order valence-corrected chi connectivity index (χ1v) is 15.0. The molecule has 39 heavy (non-hydrogen) atoms. The third kappa shape index (κ3) is 8.26. The first-order valence-electron chi connectivity index (χ1n) is 15.0. The molecule has 2 atom stereocenters. The largest absolute Gasteiger partial charge is 0.462 e. The summed E-state index contributed by atoms with van der Waals surface area (Å²) in [7, 11) is 0. The molecule has 0 amide bonds. The number of cyclic esters (lactones) is 1. The molecule has 2 aliphatic heterocycles. The molecular weight excluding hydrogens is 491 g/mol. The molecule has 1 unspecified atom stereocenters. The van der Waals surface area contributed by atoms with E-state index >= 15 is 0 Å². The van der Waals surface area contributed by atoms with Gasteiger partial charge < -0.3 is 9.64 Å². The number of carbonyl (C=O) groups excluding carboxylic acids is 2. The molecule has 1 aliphatic carbocycles. The van der Waals surface area contributed by atoms with Gasteiger partial charge in [-0.15, -0.1) is 0 Å². The average Bonchev–Trinajstić information content (AvgIpc) is 3.11. The molecule has 2 saturated heterocycles. The summed E-state index contributed by atoms with van der Waals surface area (Å²) in [6.45, 7) is 14.7. The predicted octanol–water partition coefficient (Wildman–Crippen LogP) is 7.12. The highest BCUT2D eigenvalue weighted by molar-refractivity contribution is 5.95. The Balaban J connectivity index is 0.00000205. The van der Waals surface area contributed by atoms with Crippen molar-refractivity contribution in [3.63, 3.8) is 0 Å². The highest BCUT2D eigenvalue weighted by atomic mass is 19.1. The quantitative estimate of drug-likeness (QED) is 0.200. The van der Waals surface area contributed by atoms with Crippen LogP contribution in [-0.4, -0.2) is 55.5 Å². The molecule has 3 fully saturated rings. The summed E-state index contributed by atoms with van der Waals surface area (Å²) >= 11 is 0. The van der Waals surface area contributed by atoms with E-state index in [4.69, 9.17) is 4.74 Å². The van der Waals surface area contributed by atoms with Crippen molar-refractivity contribution in [2.45, 2.75) is 92.1 Å². The van der Waals surface area contributed by atoms with Crippen molar-refractivity contribution in [2.75, 3.05) is 37.6 Å². The predicted molar refractivity (Wildman–Crippen MR) is 157 cm³/mol. The van der Waals surface area contributed by atoms with Crippen LogP contribution in [0.1, 0.15) is 86.0 Å². The van der Waals surface area contributed by atoms with Gasteiger partial charge in [0.05, 0.1) is 5.41 Å². The lowest BCUT2D eigenvalue weighted by molar-refractivity contribution is -0.149. The van der Waals surface area contributed by atoms with E-state index in [1.54, 1.807) is 0 Å². The number of hydrogen-bond donors (Lipinski definition) is 0. The third-order valence-corrected chi connectivity index (χ3v) is 8.60. The number of piperazine rings is 1. The minimum Gasteiger partial charge on any atom is -0.462 e. The van der Waals surface area contributed by atoms with Crippen molar-refractivity contribution in [3.05, 3.63) is 53.9 Å².